The van der Waals surface area contributed by atoms with Crippen LogP contribution in [-0.4, -0.2) is 42.7 Å². The van der Waals surface area contributed by atoms with Gasteiger partial charge in [0, 0.05) is 13.1 Å². The van der Waals surface area contributed by atoms with Crippen molar-refractivity contribution in [1.29, 1.82) is 5.26 Å². The number of alkyl halides is 2. The Bertz CT molecular complexity index is 302. The highest BCUT2D eigenvalue weighted by Gasteiger charge is 2.57. The Morgan fingerprint density at radius 1 is 1.12 bits per heavy atom. The molecule has 0 aromatic rings. The van der Waals surface area contributed by atoms with Crippen molar-refractivity contribution in [1.82, 2.24) is 4.90 Å². The van der Waals surface area contributed by atoms with Crippen LogP contribution in [-0.2, 0) is 4.74 Å². The zero-order valence-corrected chi connectivity index (χ0v) is 9.92. The van der Waals surface area contributed by atoms with Gasteiger partial charge in [-0.1, -0.05) is 19.3 Å². The van der Waals surface area contributed by atoms with E-state index < -0.39 is 11.5 Å². The predicted molar refractivity (Wildman–Crippen MR) is 58.8 cm³/mol. The largest absolute Gasteiger partial charge is 0.379 e. The second kappa shape index (κ2) is 4.87. The summed E-state index contributed by atoms with van der Waals surface area (Å²) in [6.45, 7) is 2.00. The molecule has 1 saturated carbocycles. The molecule has 3 nitrogen and oxygen atoms in total. The normalized spacial score (nSPS) is 26.4. The molecule has 1 aliphatic carbocycles. The van der Waals surface area contributed by atoms with Crippen molar-refractivity contribution in [3.8, 4) is 6.07 Å². The molecule has 5 heteroatoms. The SMILES string of the molecule is N#CC(F)(F)C1(N2CCOCC2)CCCCC1. The van der Waals surface area contributed by atoms with Crippen molar-refractivity contribution < 1.29 is 13.5 Å². The minimum absolute atomic E-state index is 0.424. The lowest BCUT2D eigenvalue weighted by molar-refractivity contribution is -0.146. The van der Waals surface area contributed by atoms with Crippen molar-refractivity contribution in [2.45, 2.75) is 43.6 Å². The van der Waals surface area contributed by atoms with E-state index in [9.17, 15) is 8.78 Å². The molecule has 0 bridgehead atoms. The lowest BCUT2D eigenvalue weighted by Crippen LogP contribution is -2.63. The van der Waals surface area contributed by atoms with Gasteiger partial charge in [-0.05, 0) is 12.8 Å². The minimum atomic E-state index is -3.26. The topological polar surface area (TPSA) is 36.3 Å². The first kappa shape index (κ1) is 12.7. The molecule has 0 unspecified atom stereocenters. The fraction of sp³-hybridized carbons (Fsp3) is 0.917. The highest BCUT2D eigenvalue weighted by Crippen LogP contribution is 2.44. The van der Waals surface area contributed by atoms with E-state index in [1.54, 1.807) is 4.90 Å². The van der Waals surface area contributed by atoms with Gasteiger partial charge in [0.1, 0.15) is 6.07 Å². The van der Waals surface area contributed by atoms with Crippen LogP contribution in [0.3, 0.4) is 0 Å². The van der Waals surface area contributed by atoms with Gasteiger partial charge < -0.3 is 4.74 Å². The summed E-state index contributed by atoms with van der Waals surface area (Å²) in [5.74, 6) is -3.26. The molecule has 0 aromatic carbocycles. The highest BCUT2D eigenvalue weighted by atomic mass is 19.3. The van der Waals surface area contributed by atoms with Gasteiger partial charge in [-0.15, -0.1) is 0 Å². The zero-order valence-electron chi connectivity index (χ0n) is 9.92. The third kappa shape index (κ3) is 2.16. The van der Waals surface area contributed by atoms with Crippen LogP contribution in [0.1, 0.15) is 32.1 Å². The Labute approximate surface area is 100 Å². The molecule has 2 aliphatic rings. The van der Waals surface area contributed by atoms with Crippen LogP contribution in [0.4, 0.5) is 8.78 Å². The Morgan fingerprint density at radius 3 is 2.24 bits per heavy atom. The van der Waals surface area contributed by atoms with E-state index in [0.29, 0.717) is 39.1 Å². The minimum Gasteiger partial charge on any atom is -0.379 e. The van der Waals surface area contributed by atoms with Gasteiger partial charge in [-0.3, -0.25) is 4.90 Å². The van der Waals surface area contributed by atoms with Crippen molar-refractivity contribution >= 4 is 0 Å². The summed E-state index contributed by atoms with van der Waals surface area (Å²) < 4.78 is 33.3. The van der Waals surface area contributed by atoms with Gasteiger partial charge in [-0.25, -0.2) is 0 Å². The monoisotopic (exact) mass is 244 g/mol. The first-order valence-electron chi connectivity index (χ1n) is 6.24. The van der Waals surface area contributed by atoms with Gasteiger partial charge in [0.2, 0.25) is 0 Å². The van der Waals surface area contributed by atoms with E-state index in [-0.39, 0.29) is 0 Å². The fourth-order valence-electron chi connectivity index (χ4n) is 3.06. The third-order valence-corrected chi connectivity index (χ3v) is 4.02. The number of nitrogens with zero attached hydrogens (tertiary/aromatic N) is 2. The molecule has 0 aromatic heterocycles. The van der Waals surface area contributed by atoms with Crippen molar-refractivity contribution in [3.05, 3.63) is 0 Å². The summed E-state index contributed by atoms with van der Waals surface area (Å²) in [4.78, 5) is 1.79. The van der Waals surface area contributed by atoms with Gasteiger partial charge >= 0.3 is 5.92 Å². The second-order valence-corrected chi connectivity index (χ2v) is 4.88. The third-order valence-electron chi connectivity index (χ3n) is 4.02. The number of morpholine rings is 1. The van der Waals surface area contributed by atoms with Crippen molar-refractivity contribution in [2.75, 3.05) is 26.3 Å². The molecule has 96 valence electrons. The standard InChI is InChI=1S/C12H18F2N2O/c13-12(14,10-15)11(4-2-1-3-5-11)16-6-8-17-9-7-16/h1-9H2. The molecule has 1 aliphatic heterocycles. The summed E-state index contributed by atoms with van der Waals surface area (Å²) >= 11 is 0. The molecule has 1 heterocycles. The molecular formula is C12H18F2N2O. The molecule has 2 fully saturated rings. The van der Waals surface area contributed by atoms with E-state index in [0.717, 1.165) is 19.3 Å². The summed E-state index contributed by atoms with van der Waals surface area (Å²) in [5.41, 5.74) is -1.25. The Balaban J connectivity index is 2.25. The molecule has 2 rings (SSSR count). The van der Waals surface area contributed by atoms with E-state index in [4.69, 9.17) is 10.00 Å². The van der Waals surface area contributed by atoms with E-state index >= 15 is 0 Å². The maximum atomic E-state index is 14.0. The van der Waals surface area contributed by atoms with E-state index in [1.165, 1.54) is 6.07 Å². The number of hydrogen-bond donors (Lipinski definition) is 0. The quantitative estimate of drug-likeness (QED) is 0.747. The molecule has 0 atom stereocenters. The molecule has 0 N–H and O–H groups in total. The predicted octanol–water partition coefficient (Wildman–Crippen LogP) is 2.18. The fourth-order valence-corrected chi connectivity index (χ4v) is 3.06. The number of nitriles is 1. The van der Waals surface area contributed by atoms with Crippen molar-refractivity contribution in [2.24, 2.45) is 0 Å². The first-order chi connectivity index (χ1) is 8.12. The zero-order chi connectivity index (χ0) is 12.4. The van der Waals surface area contributed by atoms with Crippen LogP contribution in [0, 0.1) is 11.3 Å². The van der Waals surface area contributed by atoms with E-state index in [1.807, 2.05) is 0 Å². The number of rotatable bonds is 2. The maximum Gasteiger partial charge on any atom is 0.349 e. The maximum absolute atomic E-state index is 14.0. The van der Waals surface area contributed by atoms with Crippen LogP contribution in [0.15, 0.2) is 0 Å². The summed E-state index contributed by atoms with van der Waals surface area (Å²) in [6.07, 6.45) is 3.41. The molecule has 0 amide bonds. The van der Waals surface area contributed by atoms with Gasteiger partial charge in [-0.2, -0.15) is 14.0 Å². The number of halogens is 2. The molecule has 17 heavy (non-hydrogen) atoms. The summed E-state index contributed by atoms with van der Waals surface area (Å²) in [7, 11) is 0. The molecule has 1 saturated heterocycles. The Hall–Kier alpha value is -0.730. The lowest BCUT2D eigenvalue weighted by atomic mass is 9.75. The van der Waals surface area contributed by atoms with E-state index in [2.05, 4.69) is 0 Å². The Morgan fingerprint density at radius 2 is 1.71 bits per heavy atom. The van der Waals surface area contributed by atoms with Crippen LogP contribution in [0.5, 0.6) is 0 Å². The lowest BCUT2D eigenvalue weighted by Gasteiger charge is -2.49. The van der Waals surface area contributed by atoms with Crippen molar-refractivity contribution in [3.63, 3.8) is 0 Å². The number of hydrogen-bond acceptors (Lipinski definition) is 3. The molecular weight excluding hydrogens is 226 g/mol. The molecule has 0 spiro atoms. The number of ether oxygens (including phenoxy) is 1. The molecule has 0 radical (unpaired) electrons. The second-order valence-electron chi connectivity index (χ2n) is 4.88. The van der Waals surface area contributed by atoms with Crippen LogP contribution < -0.4 is 0 Å². The summed E-state index contributed by atoms with van der Waals surface area (Å²) in [6, 6.07) is 1.23. The first-order valence-corrected chi connectivity index (χ1v) is 6.24. The highest BCUT2D eigenvalue weighted by molar-refractivity contribution is 5.13. The smallest absolute Gasteiger partial charge is 0.349 e. The summed E-state index contributed by atoms with van der Waals surface area (Å²) in [5, 5.41) is 8.78. The average Bonchev–Trinajstić information content (AvgIpc) is 2.40. The van der Waals surface area contributed by atoms with Crippen LogP contribution in [0.25, 0.3) is 0 Å². The average molecular weight is 244 g/mol. The van der Waals surface area contributed by atoms with Gasteiger partial charge in [0.25, 0.3) is 0 Å². The van der Waals surface area contributed by atoms with Crippen LogP contribution >= 0.6 is 0 Å². The Kier molecular flexibility index (Phi) is 3.64. The van der Waals surface area contributed by atoms with Gasteiger partial charge in [0.15, 0.2) is 0 Å². The van der Waals surface area contributed by atoms with Gasteiger partial charge in [0.05, 0.1) is 18.8 Å². The van der Waals surface area contributed by atoms with Crippen LogP contribution in [0.2, 0.25) is 0 Å².